The lowest BCUT2D eigenvalue weighted by Gasteiger charge is -2.40. The highest BCUT2D eigenvalue weighted by atomic mass is 32.2. The van der Waals surface area contributed by atoms with Gasteiger partial charge in [0.15, 0.2) is 0 Å². The Hall–Kier alpha value is -2.94. The van der Waals surface area contributed by atoms with E-state index in [0.717, 1.165) is 43.5 Å². The first kappa shape index (κ1) is 24.2. The Labute approximate surface area is 201 Å². The minimum Gasteiger partial charge on any atom is -0.378 e. The lowest BCUT2D eigenvalue weighted by molar-refractivity contribution is 0.187. The van der Waals surface area contributed by atoms with Crippen LogP contribution < -0.4 is 14.5 Å². The van der Waals surface area contributed by atoms with Crippen LogP contribution in [0.3, 0.4) is 0 Å². The van der Waals surface area contributed by atoms with E-state index < -0.39 is 15.8 Å². The Kier molecular flexibility index (Phi) is 7.50. The van der Waals surface area contributed by atoms with Crippen LogP contribution >= 0.6 is 0 Å². The van der Waals surface area contributed by atoms with E-state index in [2.05, 4.69) is 26.7 Å². The van der Waals surface area contributed by atoms with Gasteiger partial charge in [-0.15, -0.1) is 0 Å². The lowest BCUT2D eigenvalue weighted by atomic mass is 10.0. The van der Waals surface area contributed by atoms with Gasteiger partial charge < -0.3 is 9.80 Å². The summed E-state index contributed by atoms with van der Waals surface area (Å²) in [6.07, 6.45) is 0. The van der Waals surface area contributed by atoms with Gasteiger partial charge in [0.25, 0.3) is 0 Å². The zero-order chi connectivity index (χ0) is 24.1. The Bertz CT molecular complexity index is 1180. The summed E-state index contributed by atoms with van der Waals surface area (Å²) in [7, 11) is -0.0104. The van der Waals surface area contributed by atoms with Crippen LogP contribution in [0.2, 0.25) is 0 Å². The van der Waals surface area contributed by atoms with E-state index in [0.29, 0.717) is 0 Å². The highest BCUT2D eigenvalue weighted by Crippen LogP contribution is 2.26. The Morgan fingerprint density at radius 2 is 1.50 bits per heavy atom. The van der Waals surface area contributed by atoms with E-state index in [1.807, 2.05) is 61.5 Å². The summed E-state index contributed by atoms with van der Waals surface area (Å²) in [5.41, 5.74) is 3.28. The number of piperazine rings is 1. The van der Waals surface area contributed by atoms with Crippen LogP contribution in [0.1, 0.15) is 11.6 Å². The van der Waals surface area contributed by atoms with E-state index in [-0.39, 0.29) is 17.5 Å². The third-order valence-electron chi connectivity index (χ3n) is 6.26. The van der Waals surface area contributed by atoms with Gasteiger partial charge in [-0.1, -0.05) is 42.5 Å². The predicted molar refractivity (Wildman–Crippen MR) is 135 cm³/mol. The molecule has 0 amide bonds. The molecule has 0 unspecified atom stereocenters. The maximum absolute atomic E-state index is 14.2. The fraction of sp³-hybridized carbons (Fsp3) is 0.308. The molecule has 0 bridgehead atoms. The molecular weight excluding hydrogens is 451 g/mol. The van der Waals surface area contributed by atoms with Crippen molar-refractivity contribution in [3.63, 3.8) is 0 Å². The van der Waals surface area contributed by atoms with Gasteiger partial charge in [-0.25, -0.2) is 17.5 Å². The second-order valence-electron chi connectivity index (χ2n) is 8.64. The molecule has 8 heteroatoms. The van der Waals surface area contributed by atoms with Gasteiger partial charge in [0.05, 0.1) is 0 Å². The average molecular weight is 483 g/mol. The van der Waals surface area contributed by atoms with Crippen LogP contribution in [0.25, 0.3) is 0 Å². The Morgan fingerprint density at radius 1 is 0.882 bits per heavy atom. The van der Waals surface area contributed by atoms with Crippen molar-refractivity contribution in [2.45, 2.75) is 10.9 Å². The Morgan fingerprint density at radius 3 is 2.12 bits per heavy atom. The Balaban J connectivity index is 1.53. The van der Waals surface area contributed by atoms with E-state index in [1.165, 1.54) is 23.9 Å². The molecule has 0 aromatic heterocycles. The van der Waals surface area contributed by atoms with Crippen molar-refractivity contribution in [2.24, 2.45) is 0 Å². The number of anilines is 2. The van der Waals surface area contributed by atoms with E-state index in [4.69, 9.17) is 0 Å². The summed E-state index contributed by atoms with van der Waals surface area (Å²) >= 11 is 0. The van der Waals surface area contributed by atoms with E-state index >= 15 is 0 Å². The summed E-state index contributed by atoms with van der Waals surface area (Å²) in [5, 5.41) is 0. The molecule has 3 aromatic rings. The molecular formula is C26H31FN4O2S. The van der Waals surface area contributed by atoms with Gasteiger partial charge >= 0.3 is 0 Å². The zero-order valence-corrected chi connectivity index (χ0v) is 20.4. The van der Waals surface area contributed by atoms with Crippen LogP contribution in [0.5, 0.6) is 0 Å². The highest BCUT2D eigenvalue weighted by molar-refractivity contribution is 7.89. The summed E-state index contributed by atoms with van der Waals surface area (Å²) < 4.78 is 42.6. The molecule has 1 atom stereocenters. The standard InChI is InChI=1S/C26H31FN4O2S/c1-29(2)22-14-12-21(13-15-22)25(20-28-34(32,33)26-11-7-6-10-24(26)27)31-18-16-30(17-19-31)23-8-4-3-5-9-23/h3-15,25,28H,16-20H2,1-2H3/t25-/m1/s1. The average Bonchev–Trinajstić information content (AvgIpc) is 2.85. The first-order chi connectivity index (χ1) is 16.3. The number of halogens is 1. The van der Waals surface area contributed by atoms with E-state index in [9.17, 15) is 12.8 Å². The minimum atomic E-state index is -3.98. The lowest BCUT2D eigenvalue weighted by Crippen LogP contribution is -2.50. The molecule has 0 radical (unpaired) electrons. The van der Waals surface area contributed by atoms with Gasteiger partial charge in [0, 0.05) is 64.2 Å². The molecule has 4 rings (SSSR count). The number of hydrogen-bond acceptors (Lipinski definition) is 5. The normalized spacial score (nSPS) is 15.8. The van der Waals surface area contributed by atoms with Gasteiger partial charge in [0.1, 0.15) is 10.7 Å². The number of hydrogen-bond donors (Lipinski definition) is 1. The summed E-state index contributed by atoms with van der Waals surface area (Å²) in [6, 6.07) is 23.7. The van der Waals surface area contributed by atoms with Crippen LogP contribution in [0.4, 0.5) is 15.8 Å². The molecule has 0 aliphatic carbocycles. The van der Waals surface area contributed by atoms with Gasteiger partial charge in [-0.3, -0.25) is 4.90 Å². The van der Waals surface area contributed by atoms with E-state index in [1.54, 1.807) is 0 Å². The second-order valence-corrected chi connectivity index (χ2v) is 10.4. The summed E-state index contributed by atoms with van der Waals surface area (Å²) in [4.78, 5) is 6.34. The molecule has 1 aliphatic rings. The zero-order valence-electron chi connectivity index (χ0n) is 19.6. The van der Waals surface area contributed by atoms with Crippen LogP contribution in [-0.2, 0) is 10.0 Å². The molecule has 1 fully saturated rings. The quantitative estimate of drug-likeness (QED) is 0.530. The predicted octanol–water partition coefficient (Wildman–Crippen LogP) is 3.73. The number of nitrogens with one attached hydrogen (secondary N) is 1. The van der Waals surface area contributed by atoms with Crippen LogP contribution in [0.15, 0.2) is 83.8 Å². The molecule has 34 heavy (non-hydrogen) atoms. The summed E-state index contributed by atoms with van der Waals surface area (Å²) in [6.45, 7) is 3.42. The van der Waals surface area contributed by atoms with Crippen molar-refractivity contribution in [1.82, 2.24) is 9.62 Å². The van der Waals surface area contributed by atoms with Crippen molar-refractivity contribution in [1.29, 1.82) is 0 Å². The SMILES string of the molecule is CN(C)c1ccc([C@@H](CNS(=O)(=O)c2ccccc2F)N2CCN(c3ccccc3)CC2)cc1. The largest absolute Gasteiger partial charge is 0.378 e. The third-order valence-corrected chi connectivity index (χ3v) is 7.72. The second kappa shape index (κ2) is 10.5. The topological polar surface area (TPSA) is 55.9 Å². The van der Waals surface area contributed by atoms with Gasteiger partial charge in [-0.2, -0.15) is 0 Å². The fourth-order valence-corrected chi connectivity index (χ4v) is 5.43. The van der Waals surface area contributed by atoms with Gasteiger partial charge in [0.2, 0.25) is 10.0 Å². The van der Waals surface area contributed by atoms with Crippen molar-refractivity contribution < 1.29 is 12.8 Å². The molecule has 0 spiro atoms. The molecule has 180 valence electrons. The number of benzene rings is 3. The molecule has 6 nitrogen and oxygen atoms in total. The molecule has 3 aromatic carbocycles. The molecule has 1 saturated heterocycles. The molecule has 0 saturated carbocycles. The van der Waals surface area contributed by atoms with Crippen molar-refractivity contribution in [3.8, 4) is 0 Å². The monoisotopic (exact) mass is 482 g/mol. The summed E-state index contributed by atoms with van der Waals surface area (Å²) in [5.74, 6) is -0.752. The highest BCUT2D eigenvalue weighted by Gasteiger charge is 2.28. The maximum atomic E-state index is 14.2. The van der Waals surface area contributed by atoms with Crippen LogP contribution in [-0.4, -0.2) is 60.1 Å². The number of para-hydroxylation sites is 1. The maximum Gasteiger partial charge on any atom is 0.243 e. The molecule has 1 heterocycles. The minimum absolute atomic E-state index is 0.156. The first-order valence-corrected chi connectivity index (χ1v) is 12.9. The number of nitrogens with zero attached hydrogens (tertiary/aromatic N) is 3. The molecule has 1 N–H and O–H groups in total. The number of sulfonamides is 1. The molecule has 1 aliphatic heterocycles. The van der Waals surface area contributed by atoms with Crippen molar-refractivity contribution >= 4 is 21.4 Å². The smallest absolute Gasteiger partial charge is 0.243 e. The third kappa shape index (κ3) is 5.58. The fourth-order valence-electron chi connectivity index (χ4n) is 4.31. The number of rotatable bonds is 8. The van der Waals surface area contributed by atoms with Crippen molar-refractivity contribution in [3.05, 3.63) is 90.2 Å². The van der Waals surface area contributed by atoms with Gasteiger partial charge in [-0.05, 0) is 42.0 Å². The van der Waals surface area contributed by atoms with Crippen molar-refractivity contribution in [2.75, 3.05) is 56.6 Å². The first-order valence-electron chi connectivity index (χ1n) is 11.4. The van der Waals surface area contributed by atoms with Crippen LogP contribution in [0, 0.1) is 5.82 Å².